The molecule has 1 unspecified atom stereocenters. The molecule has 8 rings (SSSR count). The van der Waals surface area contributed by atoms with Crippen LogP contribution in [-0.4, -0.2) is 0 Å². The number of fused-ring (bicyclic) bond motifs is 9. The van der Waals surface area contributed by atoms with Crippen LogP contribution in [0, 0.1) is 6.92 Å². The zero-order chi connectivity index (χ0) is 25.3. The lowest BCUT2D eigenvalue weighted by Gasteiger charge is -2.32. The van der Waals surface area contributed by atoms with Crippen LogP contribution in [0.3, 0.4) is 0 Å². The van der Waals surface area contributed by atoms with Crippen LogP contribution in [0.15, 0.2) is 133 Å². The molecule has 3 aliphatic carbocycles. The van der Waals surface area contributed by atoms with Gasteiger partial charge in [-0.2, -0.15) is 0 Å². The molecule has 1 spiro atoms. The van der Waals surface area contributed by atoms with Gasteiger partial charge in [-0.3, -0.25) is 0 Å². The minimum atomic E-state index is -0.243. The van der Waals surface area contributed by atoms with E-state index in [-0.39, 0.29) is 5.41 Å². The van der Waals surface area contributed by atoms with Crippen LogP contribution in [0.1, 0.15) is 40.7 Å². The highest BCUT2D eigenvalue weighted by Crippen LogP contribution is 2.63. The highest BCUT2D eigenvalue weighted by molar-refractivity contribution is 5.96. The molecule has 0 bridgehead atoms. The van der Waals surface area contributed by atoms with Gasteiger partial charge < -0.3 is 0 Å². The normalized spacial score (nSPS) is 18.3. The Morgan fingerprint density at radius 1 is 0.526 bits per heavy atom. The summed E-state index contributed by atoms with van der Waals surface area (Å²) in [6, 6.07) is 43.2. The Bertz CT molecular complexity index is 1790. The summed E-state index contributed by atoms with van der Waals surface area (Å²) in [5, 5.41) is 0. The van der Waals surface area contributed by atoms with Gasteiger partial charge in [-0.25, -0.2) is 0 Å². The molecule has 0 nitrogen and oxygen atoms in total. The topological polar surface area (TPSA) is 0 Å². The predicted octanol–water partition coefficient (Wildman–Crippen LogP) is 9.76. The molecule has 0 N–H and O–H groups in total. The first-order chi connectivity index (χ1) is 18.7. The molecule has 0 amide bonds. The third kappa shape index (κ3) is 2.86. The average molecular weight is 485 g/mol. The largest absolute Gasteiger partial charge is 0.0839 e. The Balaban J connectivity index is 1.33. The van der Waals surface area contributed by atoms with Gasteiger partial charge in [0.15, 0.2) is 0 Å². The fourth-order valence-corrected chi connectivity index (χ4v) is 7.15. The van der Waals surface area contributed by atoms with Gasteiger partial charge in [0.25, 0.3) is 0 Å². The first-order valence-electron chi connectivity index (χ1n) is 13.7. The van der Waals surface area contributed by atoms with Gasteiger partial charge in [0.05, 0.1) is 5.41 Å². The maximum Gasteiger partial charge on any atom is 0.0722 e. The van der Waals surface area contributed by atoms with Crippen LogP contribution in [0.4, 0.5) is 0 Å². The minimum Gasteiger partial charge on any atom is -0.0839 e. The summed E-state index contributed by atoms with van der Waals surface area (Å²) in [4.78, 5) is 0. The molecule has 0 saturated heterocycles. The van der Waals surface area contributed by atoms with E-state index in [4.69, 9.17) is 0 Å². The zero-order valence-corrected chi connectivity index (χ0v) is 21.5. The number of benzene rings is 5. The molecule has 0 heterocycles. The van der Waals surface area contributed by atoms with Crippen molar-refractivity contribution in [1.29, 1.82) is 0 Å². The van der Waals surface area contributed by atoms with E-state index in [0.717, 1.165) is 12.8 Å². The van der Waals surface area contributed by atoms with Gasteiger partial charge >= 0.3 is 0 Å². The molecule has 1 atom stereocenters. The molecule has 0 heteroatoms. The number of allylic oxidation sites excluding steroid dienone is 4. The van der Waals surface area contributed by atoms with Crippen LogP contribution in [0.25, 0.3) is 39.0 Å². The lowest BCUT2D eigenvalue weighted by atomic mass is 9.69. The molecule has 0 radical (unpaired) electrons. The summed E-state index contributed by atoms with van der Waals surface area (Å²) < 4.78 is 0. The Morgan fingerprint density at radius 2 is 1.08 bits per heavy atom. The van der Waals surface area contributed by atoms with Crippen molar-refractivity contribution >= 4 is 5.57 Å². The first-order valence-corrected chi connectivity index (χ1v) is 13.7. The summed E-state index contributed by atoms with van der Waals surface area (Å²) in [7, 11) is 0. The second-order valence-electron chi connectivity index (χ2n) is 10.9. The molecule has 0 aliphatic heterocycles. The smallest absolute Gasteiger partial charge is 0.0722 e. The van der Waals surface area contributed by atoms with Gasteiger partial charge in [0.1, 0.15) is 0 Å². The monoisotopic (exact) mass is 484 g/mol. The fraction of sp³-hybridized carbons (Fsp3) is 0.105. The van der Waals surface area contributed by atoms with Crippen LogP contribution < -0.4 is 0 Å². The van der Waals surface area contributed by atoms with Crippen LogP contribution in [0.5, 0.6) is 0 Å². The third-order valence-electron chi connectivity index (χ3n) is 8.88. The molecule has 5 aromatic rings. The maximum absolute atomic E-state index is 2.48. The summed E-state index contributed by atoms with van der Waals surface area (Å²) in [5.41, 5.74) is 17.5. The molecule has 3 aliphatic rings. The van der Waals surface area contributed by atoms with E-state index in [1.165, 1.54) is 72.3 Å². The number of hydrogen-bond acceptors (Lipinski definition) is 0. The van der Waals surface area contributed by atoms with E-state index in [0.29, 0.717) is 0 Å². The van der Waals surface area contributed by atoms with Crippen molar-refractivity contribution < 1.29 is 0 Å². The maximum atomic E-state index is 2.48. The SMILES string of the molecule is Cc1ccc(-c2ccc(-c3ccc4c(c3)C3(C5=C(CCC=C5)c5ccccc53)c3ccccc3-4)cc2)cc1. The van der Waals surface area contributed by atoms with E-state index in [9.17, 15) is 0 Å². The van der Waals surface area contributed by atoms with E-state index in [1.54, 1.807) is 0 Å². The van der Waals surface area contributed by atoms with E-state index >= 15 is 0 Å². The van der Waals surface area contributed by atoms with Crippen molar-refractivity contribution in [2.24, 2.45) is 0 Å². The predicted molar refractivity (Wildman–Crippen MR) is 159 cm³/mol. The Labute approximate surface area is 224 Å². The van der Waals surface area contributed by atoms with Crippen molar-refractivity contribution in [1.82, 2.24) is 0 Å². The summed E-state index contributed by atoms with van der Waals surface area (Å²) >= 11 is 0. The lowest BCUT2D eigenvalue weighted by Crippen LogP contribution is -2.27. The van der Waals surface area contributed by atoms with Crippen molar-refractivity contribution in [3.63, 3.8) is 0 Å². The van der Waals surface area contributed by atoms with Crippen LogP contribution in [0.2, 0.25) is 0 Å². The van der Waals surface area contributed by atoms with Crippen molar-refractivity contribution in [3.8, 4) is 33.4 Å². The van der Waals surface area contributed by atoms with Crippen molar-refractivity contribution in [2.45, 2.75) is 25.2 Å². The molecule has 5 aromatic carbocycles. The standard InChI is InChI=1S/C38H28/c1-25-14-16-26(17-15-25)27-18-20-28(21-19-27)29-22-23-33-32-10-4-7-13-36(32)38(37(33)24-29)34-11-5-2-8-30(34)31-9-3-6-12-35(31)38/h2,4-8,10-24H,3,9H2,1H3. The number of rotatable bonds is 2. The quantitative estimate of drug-likeness (QED) is 0.234. The van der Waals surface area contributed by atoms with E-state index < -0.39 is 0 Å². The molecule has 0 saturated carbocycles. The van der Waals surface area contributed by atoms with Gasteiger partial charge in [0, 0.05) is 0 Å². The van der Waals surface area contributed by atoms with Gasteiger partial charge in [-0.05, 0) is 92.6 Å². The van der Waals surface area contributed by atoms with Crippen molar-refractivity contribution in [2.75, 3.05) is 0 Å². The Hall–Kier alpha value is -4.42. The van der Waals surface area contributed by atoms with Gasteiger partial charge in [-0.15, -0.1) is 0 Å². The Morgan fingerprint density at radius 3 is 1.82 bits per heavy atom. The van der Waals surface area contributed by atoms with Gasteiger partial charge in [-0.1, -0.05) is 127 Å². The summed E-state index contributed by atoms with van der Waals surface area (Å²) in [5.74, 6) is 0. The zero-order valence-electron chi connectivity index (χ0n) is 21.5. The fourth-order valence-electron chi connectivity index (χ4n) is 7.15. The second-order valence-corrected chi connectivity index (χ2v) is 10.9. The molecule has 180 valence electrons. The second kappa shape index (κ2) is 8.04. The average Bonchev–Trinajstić information content (AvgIpc) is 3.45. The molecular formula is C38H28. The van der Waals surface area contributed by atoms with Gasteiger partial charge in [0.2, 0.25) is 0 Å². The van der Waals surface area contributed by atoms with E-state index in [2.05, 4.69) is 134 Å². The van der Waals surface area contributed by atoms with E-state index in [1.807, 2.05) is 0 Å². The highest BCUT2D eigenvalue weighted by atomic mass is 14.5. The minimum absolute atomic E-state index is 0.243. The molecule has 0 fully saturated rings. The third-order valence-corrected chi connectivity index (χ3v) is 8.88. The van der Waals surface area contributed by atoms with Crippen LogP contribution in [-0.2, 0) is 5.41 Å². The summed E-state index contributed by atoms with van der Waals surface area (Å²) in [6.45, 7) is 2.14. The molecule has 0 aromatic heterocycles. The highest BCUT2D eigenvalue weighted by Gasteiger charge is 2.52. The first kappa shape index (κ1) is 21.6. The Kier molecular flexibility index (Phi) is 4.58. The number of aryl methyl sites for hydroxylation is 1. The van der Waals surface area contributed by atoms with Crippen molar-refractivity contribution in [3.05, 3.63) is 161 Å². The summed E-state index contributed by atoms with van der Waals surface area (Å²) in [6.07, 6.45) is 7.03. The van der Waals surface area contributed by atoms with Crippen LogP contribution >= 0.6 is 0 Å². The number of hydrogen-bond donors (Lipinski definition) is 0. The lowest BCUT2D eigenvalue weighted by molar-refractivity contribution is 0.781. The molecular weight excluding hydrogens is 456 g/mol. The molecule has 38 heavy (non-hydrogen) atoms.